The normalized spacial score (nSPS) is 10.4. The molecule has 3 aromatic rings. The van der Waals surface area contributed by atoms with Crippen LogP contribution in [-0.4, -0.2) is 11.3 Å². The van der Waals surface area contributed by atoms with E-state index in [4.69, 9.17) is 4.74 Å². The summed E-state index contributed by atoms with van der Waals surface area (Å²) < 4.78 is 6.84. The smallest absolute Gasteiger partial charge is 0.230 e. The van der Waals surface area contributed by atoms with E-state index in [1.54, 1.807) is 6.07 Å². The topological polar surface area (TPSA) is 39.2 Å². The Labute approximate surface area is 129 Å². The third kappa shape index (κ3) is 2.65. The third-order valence-electron chi connectivity index (χ3n) is 2.87. The Bertz CT molecular complexity index is 769. The molecule has 0 aliphatic heterocycles. The molecule has 1 heterocycles. The van der Waals surface area contributed by atoms with Crippen LogP contribution in [0.3, 0.4) is 0 Å². The van der Waals surface area contributed by atoms with Gasteiger partial charge in [0.1, 0.15) is 5.75 Å². The fourth-order valence-electron chi connectivity index (χ4n) is 1.90. The number of ether oxygens (including phenoxy) is 1. The molecule has 0 aliphatic carbocycles. The summed E-state index contributed by atoms with van der Waals surface area (Å²) in [7, 11) is 0. The number of fused-ring (bicyclic) bond motifs is 1. The highest BCUT2D eigenvalue weighted by molar-refractivity contribution is 14.1. The Morgan fingerprint density at radius 1 is 1.05 bits per heavy atom. The number of para-hydroxylation sites is 1. The number of nitrogens with zero attached hydrogens (tertiary/aromatic N) is 1. The van der Waals surface area contributed by atoms with E-state index in [2.05, 4.69) is 27.6 Å². The van der Waals surface area contributed by atoms with Gasteiger partial charge >= 0.3 is 0 Å². The molecule has 20 heavy (non-hydrogen) atoms. The maximum Gasteiger partial charge on any atom is 0.230 e. The second kappa shape index (κ2) is 5.58. The lowest BCUT2D eigenvalue weighted by molar-refractivity contribution is 0.112. The zero-order valence-corrected chi connectivity index (χ0v) is 12.6. The minimum absolute atomic E-state index is 0.333. The number of hydrogen-bond donors (Lipinski definition) is 0. The highest BCUT2D eigenvalue weighted by Gasteiger charge is 2.08. The highest BCUT2D eigenvalue weighted by Crippen LogP contribution is 2.26. The van der Waals surface area contributed by atoms with Gasteiger partial charge in [0.05, 0.1) is 11.1 Å². The molecule has 1 aromatic heterocycles. The van der Waals surface area contributed by atoms with Crippen molar-refractivity contribution in [2.45, 2.75) is 0 Å². The van der Waals surface area contributed by atoms with Crippen molar-refractivity contribution in [3.63, 3.8) is 0 Å². The monoisotopic (exact) mass is 375 g/mol. The number of carbonyl (C=O) groups excluding carboxylic acids is 1. The molecule has 0 N–H and O–H groups in total. The number of carbonyl (C=O) groups is 1. The van der Waals surface area contributed by atoms with Crippen molar-refractivity contribution < 1.29 is 9.53 Å². The molecule has 98 valence electrons. The molecule has 0 fully saturated rings. The summed E-state index contributed by atoms with van der Waals surface area (Å²) in [5.41, 5.74) is 1.25. The molecule has 0 unspecified atom stereocenters. The molecule has 0 aliphatic rings. The van der Waals surface area contributed by atoms with Crippen molar-refractivity contribution >= 4 is 39.8 Å². The summed E-state index contributed by atoms with van der Waals surface area (Å²) in [6.07, 6.45) is 0.765. The van der Waals surface area contributed by atoms with Gasteiger partial charge in [0.2, 0.25) is 5.88 Å². The van der Waals surface area contributed by atoms with Gasteiger partial charge in [-0.25, -0.2) is 4.98 Å². The molecule has 0 spiro atoms. The first-order valence-corrected chi connectivity index (χ1v) is 7.12. The van der Waals surface area contributed by atoms with Crippen LogP contribution in [0.5, 0.6) is 11.6 Å². The number of aldehydes is 1. The zero-order chi connectivity index (χ0) is 13.9. The molecule has 2 aromatic carbocycles. The van der Waals surface area contributed by atoms with Gasteiger partial charge in [-0.15, -0.1) is 0 Å². The van der Waals surface area contributed by atoms with Gasteiger partial charge in [-0.3, -0.25) is 4.79 Å². The number of pyridine rings is 1. The maximum atomic E-state index is 11.2. The van der Waals surface area contributed by atoms with Gasteiger partial charge in [-0.05, 0) is 59.0 Å². The van der Waals surface area contributed by atoms with E-state index in [0.29, 0.717) is 17.2 Å². The van der Waals surface area contributed by atoms with Crippen LogP contribution in [0.1, 0.15) is 10.4 Å². The lowest BCUT2D eigenvalue weighted by atomic mass is 10.1. The number of halogens is 1. The molecule has 0 amide bonds. The van der Waals surface area contributed by atoms with Gasteiger partial charge in [0.15, 0.2) is 6.29 Å². The lowest BCUT2D eigenvalue weighted by Gasteiger charge is -2.08. The molecular weight excluding hydrogens is 365 g/mol. The van der Waals surface area contributed by atoms with Crippen LogP contribution in [0.25, 0.3) is 10.9 Å². The average Bonchev–Trinajstić information content (AvgIpc) is 2.49. The van der Waals surface area contributed by atoms with E-state index in [1.807, 2.05) is 48.5 Å². The molecule has 0 bridgehead atoms. The predicted molar refractivity (Wildman–Crippen MR) is 86.4 cm³/mol. The van der Waals surface area contributed by atoms with Crippen LogP contribution < -0.4 is 4.74 Å². The third-order valence-corrected chi connectivity index (χ3v) is 3.59. The van der Waals surface area contributed by atoms with Crippen LogP contribution >= 0.6 is 22.6 Å². The summed E-state index contributed by atoms with van der Waals surface area (Å²) in [4.78, 5) is 15.6. The fraction of sp³-hybridized carbons (Fsp3) is 0. The summed E-state index contributed by atoms with van der Waals surface area (Å²) in [6, 6.07) is 17.0. The fourth-order valence-corrected chi connectivity index (χ4v) is 2.25. The van der Waals surface area contributed by atoms with Crippen molar-refractivity contribution in [1.82, 2.24) is 4.98 Å². The average molecular weight is 375 g/mol. The SMILES string of the molecule is O=Cc1cc2ccccc2nc1Oc1ccc(I)cc1. The quantitative estimate of drug-likeness (QED) is 0.502. The second-order valence-electron chi connectivity index (χ2n) is 4.25. The first-order chi connectivity index (χ1) is 9.76. The number of hydrogen-bond acceptors (Lipinski definition) is 3. The van der Waals surface area contributed by atoms with E-state index >= 15 is 0 Å². The number of benzene rings is 2. The first-order valence-electron chi connectivity index (χ1n) is 6.04. The molecule has 0 saturated heterocycles. The van der Waals surface area contributed by atoms with Crippen LogP contribution in [0.4, 0.5) is 0 Å². The Morgan fingerprint density at radius 3 is 2.55 bits per heavy atom. The molecule has 0 saturated carbocycles. The van der Waals surface area contributed by atoms with Crippen LogP contribution in [0, 0.1) is 3.57 Å². The largest absolute Gasteiger partial charge is 0.438 e. The highest BCUT2D eigenvalue weighted by atomic mass is 127. The summed E-state index contributed by atoms with van der Waals surface area (Å²) in [5, 5.41) is 0.921. The van der Waals surface area contributed by atoms with Crippen LogP contribution in [-0.2, 0) is 0 Å². The Balaban J connectivity index is 2.05. The summed E-state index contributed by atoms with van der Waals surface area (Å²) >= 11 is 2.23. The summed E-state index contributed by atoms with van der Waals surface area (Å²) in [6.45, 7) is 0. The van der Waals surface area contributed by atoms with E-state index in [-0.39, 0.29) is 0 Å². The second-order valence-corrected chi connectivity index (χ2v) is 5.49. The maximum absolute atomic E-state index is 11.2. The molecule has 0 atom stereocenters. The van der Waals surface area contributed by atoms with E-state index in [0.717, 1.165) is 20.8 Å². The number of rotatable bonds is 3. The van der Waals surface area contributed by atoms with E-state index in [1.165, 1.54) is 0 Å². The van der Waals surface area contributed by atoms with Crippen LogP contribution in [0.2, 0.25) is 0 Å². The van der Waals surface area contributed by atoms with Gasteiger partial charge in [0.25, 0.3) is 0 Å². The Kier molecular flexibility index (Phi) is 3.64. The summed E-state index contributed by atoms with van der Waals surface area (Å²) in [5.74, 6) is 0.996. The van der Waals surface area contributed by atoms with Crippen molar-refractivity contribution in [3.05, 3.63) is 63.7 Å². The van der Waals surface area contributed by atoms with Gasteiger partial charge in [0, 0.05) is 8.96 Å². The molecule has 3 nitrogen and oxygen atoms in total. The minimum Gasteiger partial charge on any atom is -0.438 e. The molecule has 0 radical (unpaired) electrons. The van der Waals surface area contributed by atoms with Gasteiger partial charge in [-0.2, -0.15) is 0 Å². The zero-order valence-electron chi connectivity index (χ0n) is 10.4. The molecule has 4 heteroatoms. The van der Waals surface area contributed by atoms with E-state index in [9.17, 15) is 4.79 Å². The lowest BCUT2D eigenvalue weighted by Crippen LogP contribution is -1.95. The van der Waals surface area contributed by atoms with Crippen LogP contribution in [0.15, 0.2) is 54.6 Å². The van der Waals surface area contributed by atoms with Gasteiger partial charge in [-0.1, -0.05) is 18.2 Å². The predicted octanol–water partition coefficient (Wildman–Crippen LogP) is 4.44. The molecular formula is C16H10INO2. The standard InChI is InChI=1S/C16H10INO2/c17-13-5-7-14(8-6-13)20-16-12(10-19)9-11-3-1-2-4-15(11)18-16/h1-10H. The van der Waals surface area contributed by atoms with Crippen molar-refractivity contribution in [1.29, 1.82) is 0 Å². The van der Waals surface area contributed by atoms with Crippen molar-refractivity contribution in [2.24, 2.45) is 0 Å². The Morgan fingerprint density at radius 2 is 1.80 bits per heavy atom. The van der Waals surface area contributed by atoms with Crippen molar-refractivity contribution in [3.8, 4) is 11.6 Å². The first kappa shape index (κ1) is 13.1. The minimum atomic E-state index is 0.333. The van der Waals surface area contributed by atoms with E-state index < -0.39 is 0 Å². The Hall–Kier alpha value is -1.95. The molecule has 3 rings (SSSR count). The van der Waals surface area contributed by atoms with Crippen molar-refractivity contribution in [2.75, 3.05) is 0 Å². The number of aromatic nitrogens is 1. The van der Waals surface area contributed by atoms with Gasteiger partial charge < -0.3 is 4.74 Å².